The number of carbonyl (C=O) groups excluding carboxylic acids is 1. The van der Waals surface area contributed by atoms with Gasteiger partial charge in [0.15, 0.2) is 0 Å². The number of para-hydroxylation sites is 1. The van der Waals surface area contributed by atoms with Crippen LogP contribution in [0.15, 0.2) is 30.5 Å². The van der Waals surface area contributed by atoms with Gasteiger partial charge in [-0.3, -0.25) is 0 Å². The summed E-state index contributed by atoms with van der Waals surface area (Å²) in [6, 6.07) is 8.00. The molecule has 0 bridgehead atoms. The highest BCUT2D eigenvalue weighted by Crippen LogP contribution is 2.23. The third-order valence-electron chi connectivity index (χ3n) is 3.90. The number of likely N-dealkylation sites (tertiary alicyclic amines) is 1. The van der Waals surface area contributed by atoms with Crippen LogP contribution in [0.3, 0.4) is 0 Å². The molecule has 2 heterocycles. The van der Waals surface area contributed by atoms with Crippen LogP contribution in [0.5, 0.6) is 0 Å². The molecule has 0 spiro atoms. The number of piperidine rings is 1. The highest BCUT2D eigenvalue weighted by Gasteiger charge is 2.20. The van der Waals surface area contributed by atoms with Crippen molar-refractivity contribution in [3.8, 4) is 0 Å². The fourth-order valence-corrected chi connectivity index (χ4v) is 2.58. The van der Waals surface area contributed by atoms with Gasteiger partial charge < -0.3 is 15.2 Å². The number of aromatic amines is 1. The van der Waals surface area contributed by atoms with Crippen LogP contribution < -0.4 is 5.32 Å². The van der Waals surface area contributed by atoms with Gasteiger partial charge in [0, 0.05) is 30.2 Å². The monoisotopic (exact) mass is 257 g/mol. The molecule has 0 radical (unpaired) electrons. The van der Waals surface area contributed by atoms with Crippen molar-refractivity contribution in [2.75, 3.05) is 18.4 Å². The van der Waals surface area contributed by atoms with E-state index < -0.39 is 0 Å². The molecule has 0 atom stereocenters. The second-order valence-electron chi connectivity index (χ2n) is 5.35. The molecule has 0 unspecified atom stereocenters. The molecule has 100 valence electrons. The Labute approximate surface area is 112 Å². The number of rotatable bonds is 1. The number of aromatic nitrogens is 1. The Kier molecular flexibility index (Phi) is 3.15. The number of nitrogens with zero attached hydrogens (tertiary/aromatic N) is 1. The minimum absolute atomic E-state index is 0.0108. The SMILES string of the molecule is CC1CCN(C(=O)Nc2c[nH]c3ccccc23)CC1. The zero-order chi connectivity index (χ0) is 13.2. The summed E-state index contributed by atoms with van der Waals surface area (Å²) < 4.78 is 0. The first-order valence-corrected chi connectivity index (χ1v) is 6.86. The number of hydrogen-bond acceptors (Lipinski definition) is 1. The quantitative estimate of drug-likeness (QED) is 0.807. The summed E-state index contributed by atoms with van der Waals surface area (Å²) in [5, 5.41) is 4.06. The van der Waals surface area contributed by atoms with Gasteiger partial charge in [-0.1, -0.05) is 25.1 Å². The molecule has 0 aliphatic carbocycles. The minimum Gasteiger partial charge on any atom is -0.359 e. The van der Waals surface area contributed by atoms with E-state index in [0.29, 0.717) is 0 Å². The number of hydrogen-bond donors (Lipinski definition) is 2. The highest BCUT2D eigenvalue weighted by molar-refractivity contribution is 6.00. The van der Waals surface area contributed by atoms with Crippen LogP contribution in [0, 0.1) is 5.92 Å². The molecule has 3 rings (SSSR count). The van der Waals surface area contributed by atoms with Gasteiger partial charge >= 0.3 is 6.03 Å². The van der Waals surface area contributed by atoms with Gasteiger partial charge in [0.05, 0.1) is 5.69 Å². The Morgan fingerprint density at radius 2 is 2.05 bits per heavy atom. The Bertz CT molecular complexity index is 582. The maximum atomic E-state index is 12.2. The van der Waals surface area contributed by atoms with Crippen molar-refractivity contribution in [1.29, 1.82) is 0 Å². The number of H-pyrrole nitrogens is 1. The van der Waals surface area contributed by atoms with Gasteiger partial charge in [0.1, 0.15) is 0 Å². The number of carbonyl (C=O) groups is 1. The normalized spacial score (nSPS) is 16.8. The van der Waals surface area contributed by atoms with E-state index in [1.54, 1.807) is 0 Å². The van der Waals surface area contributed by atoms with Crippen molar-refractivity contribution in [3.05, 3.63) is 30.5 Å². The first kappa shape index (κ1) is 12.1. The first-order valence-electron chi connectivity index (χ1n) is 6.86. The predicted octanol–water partition coefficient (Wildman–Crippen LogP) is 3.43. The lowest BCUT2D eigenvalue weighted by atomic mass is 10.00. The number of urea groups is 1. The summed E-state index contributed by atoms with van der Waals surface area (Å²) in [4.78, 5) is 17.3. The predicted molar refractivity (Wildman–Crippen MR) is 77.3 cm³/mol. The molecular formula is C15H19N3O. The molecule has 1 aliphatic rings. The van der Waals surface area contributed by atoms with Crippen molar-refractivity contribution >= 4 is 22.6 Å². The number of fused-ring (bicyclic) bond motifs is 1. The smallest absolute Gasteiger partial charge is 0.321 e. The van der Waals surface area contributed by atoms with Gasteiger partial charge in [-0.05, 0) is 24.8 Å². The zero-order valence-corrected chi connectivity index (χ0v) is 11.1. The molecule has 4 heteroatoms. The van der Waals surface area contributed by atoms with E-state index in [0.717, 1.165) is 48.4 Å². The van der Waals surface area contributed by atoms with E-state index in [1.807, 2.05) is 35.4 Å². The van der Waals surface area contributed by atoms with Crippen molar-refractivity contribution in [2.45, 2.75) is 19.8 Å². The Morgan fingerprint density at radius 1 is 1.32 bits per heavy atom. The summed E-state index contributed by atoms with van der Waals surface area (Å²) in [6.45, 7) is 3.96. The molecule has 2 aromatic rings. The first-order chi connectivity index (χ1) is 9.24. The Hall–Kier alpha value is -1.97. The maximum absolute atomic E-state index is 12.2. The number of nitrogens with one attached hydrogen (secondary N) is 2. The van der Waals surface area contributed by atoms with Gasteiger partial charge in [0.2, 0.25) is 0 Å². The minimum atomic E-state index is 0.0108. The molecule has 2 amide bonds. The largest absolute Gasteiger partial charge is 0.359 e. The summed E-state index contributed by atoms with van der Waals surface area (Å²) in [6.07, 6.45) is 4.05. The van der Waals surface area contributed by atoms with Crippen molar-refractivity contribution in [2.24, 2.45) is 5.92 Å². The van der Waals surface area contributed by atoms with E-state index in [1.165, 1.54) is 0 Å². The Morgan fingerprint density at radius 3 is 2.84 bits per heavy atom. The van der Waals surface area contributed by atoms with E-state index in [9.17, 15) is 4.79 Å². The van der Waals surface area contributed by atoms with Crippen molar-refractivity contribution < 1.29 is 4.79 Å². The summed E-state index contributed by atoms with van der Waals surface area (Å²) in [5.41, 5.74) is 1.91. The van der Waals surface area contributed by atoms with Crippen LogP contribution in [0.2, 0.25) is 0 Å². The molecule has 2 N–H and O–H groups in total. The lowest BCUT2D eigenvalue weighted by Gasteiger charge is -2.30. The van der Waals surface area contributed by atoms with Crippen molar-refractivity contribution in [1.82, 2.24) is 9.88 Å². The maximum Gasteiger partial charge on any atom is 0.321 e. The van der Waals surface area contributed by atoms with E-state index in [4.69, 9.17) is 0 Å². The number of benzene rings is 1. The highest BCUT2D eigenvalue weighted by atomic mass is 16.2. The molecule has 0 saturated carbocycles. The van der Waals surface area contributed by atoms with Crippen LogP contribution in [0.1, 0.15) is 19.8 Å². The van der Waals surface area contributed by atoms with Crippen LogP contribution in [-0.4, -0.2) is 29.0 Å². The third kappa shape index (κ3) is 2.43. The molecule has 1 saturated heterocycles. The fraction of sp³-hybridized carbons (Fsp3) is 0.400. The number of amides is 2. The van der Waals surface area contributed by atoms with E-state index >= 15 is 0 Å². The van der Waals surface area contributed by atoms with Gasteiger partial charge in [-0.15, -0.1) is 0 Å². The molecule has 1 aromatic heterocycles. The average molecular weight is 257 g/mol. The van der Waals surface area contributed by atoms with Gasteiger partial charge in [-0.2, -0.15) is 0 Å². The average Bonchev–Trinajstić information content (AvgIpc) is 2.83. The zero-order valence-electron chi connectivity index (χ0n) is 11.1. The second kappa shape index (κ2) is 4.96. The van der Waals surface area contributed by atoms with Crippen LogP contribution in [0.25, 0.3) is 10.9 Å². The number of anilines is 1. The standard InChI is InChI=1S/C15H19N3O/c1-11-6-8-18(9-7-11)15(19)17-14-10-16-13-5-3-2-4-12(13)14/h2-5,10-11,16H,6-9H2,1H3,(H,17,19). The molecule has 19 heavy (non-hydrogen) atoms. The molecule has 4 nitrogen and oxygen atoms in total. The van der Waals surface area contributed by atoms with Crippen molar-refractivity contribution in [3.63, 3.8) is 0 Å². The molecule has 1 aliphatic heterocycles. The van der Waals surface area contributed by atoms with Gasteiger partial charge in [0.25, 0.3) is 0 Å². The fourth-order valence-electron chi connectivity index (χ4n) is 2.58. The van der Waals surface area contributed by atoms with E-state index in [-0.39, 0.29) is 6.03 Å². The molecule has 1 aromatic carbocycles. The molecule has 1 fully saturated rings. The lowest BCUT2D eigenvalue weighted by Crippen LogP contribution is -2.40. The topological polar surface area (TPSA) is 48.1 Å². The van der Waals surface area contributed by atoms with Crippen LogP contribution in [0.4, 0.5) is 10.5 Å². The van der Waals surface area contributed by atoms with E-state index in [2.05, 4.69) is 17.2 Å². The lowest BCUT2D eigenvalue weighted by molar-refractivity contribution is 0.186. The molecular weight excluding hydrogens is 238 g/mol. The van der Waals surface area contributed by atoms with Crippen LogP contribution in [-0.2, 0) is 0 Å². The summed E-state index contributed by atoms with van der Waals surface area (Å²) >= 11 is 0. The van der Waals surface area contributed by atoms with Crippen LogP contribution >= 0.6 is 0 Å². The third-order valence-corrected chi connectivity index (χ3v) is 3.90. The summed E-state index contributed by atoms with van der Waals surface area (Å²) in [7, 11) is 0. The van der Waals surface area contributed by atoms with Gasteiger partial charge in [-0.25, -0.2) is 4.79 Å². The second-order valence-corrected chi connectivity index (χ2v) is 5.35. The summed E-state index contributed by atoms with van der Waals surface area (Å²) in [5.74, 6) is 0.733. The Balaban J connectivity index is 1.72.